The zero-order valence-corrected chi connectivity index (χ0v) is 13.4. The SMILES string of the molecule is CCCNCc1ccc(Cl)cc1N(CC)C(C)CC. The maximum Gasteiger partial charge on any atom is 0.0429 e. The molecule has 1 N–H and O–H groups in total. The first-order valence-electron chi connectivity index (χ1n) is 7.39. The van der Waals surface area contributed by atoms with Gasteiger partial charge in [0, 0.05) is 29.8 Å². The number of nitrogens with zero attached hydrogens (tertiary/aromatic N) is 1. The third kappa shape index (κ3) is 4.70. The lowest BCUT2D eigenvalue weighted by Crippen LogP contribution is -2.33. The van der Waals surface area contributed by atoms with Crippen LogP contribution in [0.5, 0.6) is 0 Å². The Hall–Kier alpha value is -0.730. The van der Waals surface area contributed by atoms with E-state index in [0.29, 0.717) is 6.04 Å². The van der Waals surface area contributed by atoms with E-state index in [-0.39, 0.29) is 0 Å². The first kappa shape index (κ1) is 16.3. The lowest BCUT2D eigenvalue weighted by atomic mass is 10.1. The van der Waals surface area contributed by atoms with Gasteiger partial charge in [0.2, 0.25) is 0 Å². The predicted molar refractivity (Wildman–Crippen MR) is 86.2 cm³/mol. The van der Waals surface area contributed by atoms with Crippen LogP contribution < -0.4 is 10.2 Å². The molecule has 0 spiro atoms. The summed E-state index contributed by atoms with van der Waals surface area (Å²) >= 11 is 6.18. The first-order chi connectivity index (χ1) is 9.13. The Balaban J connectivity index is 2.97. The van der Waals surface area contributed by atoms with Gasteiger partial charge in [-0.25, -0.2) is 0 Å². The second kappa shape index (κ2) is 8.44. The molecule has 0 saturated heterocycles. The van der Waals surface area contributed by atoms with E-state index in [2.05, 4.69) is 50.0 Å². The van der Waals surface area contributed by atoms with E-state index in [9.17, 15) is 0 Å². The fraction of sp³-hybridized carbons (Fsp3) is 0.625. The summed E-state index contributed by atoms with van der Waals surface area (Å²) in [5, 5.41) is 4.29. The Morgan fingerprint density at radius 3 is 2.58 bits per heavy atom. The Morgan fingerprint density at radius 2 is 2.00 bits per heavy atom. The van der Waals surface area contributed by atoms with Crippen LogP contribution in [0.15, 0.2) is 18.2 Å². The van der Waals surface area contributed by atoms with Gasteiger partial charge in [0.1, 0.15) is 0 Å². The van der Waals surface area contributed by atoms with Gasteiger partial charge < -0.3 is 10.2 Å². The van der Waals surface area contributed by atoms with Crippen molar-refractivity contribution in [2.24, 2.45) is 0 Å². The number of nitrogens with one attached hydrogen (secondary N) is 1. The molecular weight excluding hydrogens is 256 g/mol. The zero-order chi connectivity index (χ0) is 14.3. The molecule has 3 heteroatoms. The smallest absolute Gasteiger partial charge is 0.0429 e. The van der Waals surface area contributed by atoms with Crippen LogP contribution >= 0.6 is 11.6 Å². The molecule has 19 heavy (non-hydrogen) atoms. The highest BCUT2D eigenvalue weighted by molar-refractivity contribution is 6.30. The summed E-state index contributed by atoms with van der Waals surface area (Å²) in [6.45, 7) is 11.9. The van der Waals surface area contributed by atoms with Crippen molar-refractivity contribution in [3.8, 4) is 0 Å². The maximum atomic E-state index is 6.18. The minimum absolute atomic E-state index is 0.536. The number of hydrogen-bond acceptors (Lipinski definition) is 2. The normalized spacial score (nSPS) is 12.5. The minimum atomic E-state index is 0.536. The van der Waals surface area contributed by atoms with Crippen molar-refractivity contribution < 1.29 is 0 Å². The van der Waals surface area contributed by atoms with Crippen molar-refractivity contribution in [2.75, 3.05) is 18.0 Å². The van der Waals surface area contributed by atoms with Crippen LogP contribution in [0, 0.1) is 0 Å². The van der Waals surface area contributed by atoms with Crippen LogP contribution in [0.4, 0.5) is 5.69 Å². The van der Waals surface area contributed by atoms with E-state index in [1.807, 2.05) is 6.07 Å². The fourth-order valence-corrected chi connectivity index (χ4v) is 2.46. The molecule has 0 aliphatic heterocycles. The first-order valence-corrected chi connectivity index (χ1v) is 7.77. The summed E-state index contributed by atoms with van der Waals surface area (Å²) < 4.78 is 0. The van der Waals surface area contributed by atoms with E-state index < -0.39 is 0 Å². The molecule has 1 aromatic rings. The van der Waals surface area contributed by atoms with Gasteiger partial charge in [0.15, 0.2) is 0 Å². The monoisotopic (exact) mass is 282 g/mol. The molecule has 0 aliphatic rings. The van der Waals surface area contributed by atoms with Crippen LogP contribution in [-0.4, -0.2) is 19.1 Å². The third-order valence-corrected chi connectivity index (χ3v) is 3.80. The molecule has 1 atom stereocenters. The molecule has 1 aromatic carbocycles. The van der Waals surface area contributed by atoms with Crippen molar-refractivity contribution in [3.05, 3.63) is 28.8 Å². The number of hydrogen-bond donors (Lipinski definition) is 1. The van der Waals surface area contributed by atoms with E-state index in [0.717, 1.165) is 37.5 Å². The van der Waals surface area contributed by atoms with Gasteiger partial charge in [-0.05, 0) is 50.9 Å². The summed E-state index contributed by atoms with van der Waals surface area (Å²) in [6.07, 6.45) is 2.30. The molecule has 0 radical (unpaired) electrons. The van der Waals surface area contributed by atoms with Crippen molar-refractivity contribution in [1.82, 2.24) is 5.32 Å². The van der Waals surface area contributed by atoms with Crippen molar-refractivity contribution in [3.63, 3.8) is 0 Å². The number of anilines is 1. The quantitative estimate of drug-likeness (QED) is 0.708. The average Bonchev–Trinajstić information content (AvgIpc) is 2.42. The fourth-order valence-electron chi connectivity index (χ4n) is 2.29. The van der Waals surface area contributed by atoms with E-state index in [1.165, 1.54) is 11.3 Å². The molecule has 0 bridgehead atoms. The topological polar surface area (TPSA) is 15.3 Å². The summed E-state index contributed by atoms with van der Waals surface area (Å²) in [4.78, 5) is 2.44. The molecule has 0 aromatic heterocycles. The van der Waals surface area contributed by atoms with Gasteiger partial charge >= 0.3 is 0 Å². The molecule has 108 valence electrons. The van der Waals surface area contributed by atoms with Crippen LogP contribution in [0.1, 0.15) is 46.1 Å². The molecule has 1 unspecified atom stereocenters. The number of benzene rings is 1. The lowest BCUT2D eigenvalue weighted by molar-refractivity contribution is 0.620. The highest BCUT2D eigenvalue weighted by Crippen LogP contribution is 2.27. The summed E-state index contributed by atoms with van der Waals surface area (Å²) in [5.74, 6) is 0. The standard InChI is InChI=1S/C16H27ClN2/c1-5-10-18-12-14-8-9-15(17)11-16(14)19(7-3)13(4)6-2/h8-9,11,13,18H,5-7,10,12H2,1-4H3. The zero-order valence-electron chi connectivity index (χ0n) is 12.7. The lowest BCUT2D eigenvalue weighted by Gasteiger charge is -2.31. The van der Waals surface area contributed by atoms with Gasteiger partial charge in [0.25, 0.3) is 0 Å². The van der Waals surface area contributed by atoms with Gasteiger partial charge in [-0.3, -0.25) is 0 Å². The number of halogens is 1. The molecule has 0 heterocycles. The van der Waals surface area contributed by atoms with Crippen LogP contribution in [0.3, 0.4) is 0 Å². The Kier molecular flexibility index (Phi) is 7.25. The Bertz CT molecular complexity index is 379. The number of rotatable bonds is 8. The van der Waals surface area contributed by atoms with Gasteiger partial charge in [-0.2, -0.15) is 0 Å². The molecule has 0 fully saturated rings. The van der Waals surface area contributed by atoms with Gasteiger partial charge in [0.05, 0.1) is 0 Å². The van der Waals surface area contributed by atoms with Crippen LogP contribution in [-0.2, 0) is 6.54 Å². The summed E-state index contributed by atoms with van der Waals surface area (Å²) in [7, 11) is 0. The maximum absolute atomic E-state index is 6.18. The summed E-state index contributed by atoms with van der Waals surface area (Å²) in [5.41, 5.74) is 2.60. The molecular formula is C16H27ClN2. The molecule has 0 saturated carbocycles. The van der Waals surface area contributed by atoms with E-state index >= 15 is 0 Å². The van der Waals surface area contributed by atoms with E-state index in [1.54, 1.807) is 0 Å². The molecule has 1 rings (SSSR count). The van der Waals surface area contributed by atoms with E-state index in [4.69, 9.17) is 11.6 Å². The van der Waals surface area contributed by atoms with Gasteiger partial charge in [-0.15, -0.1) is 0 Å². The largest absolute Gasteiger partial charge is 0.369 e. The Morgan fingerprint density at radius 1 is 1.26 bits per heavy atom. The highest BCUT2D eigenvalue weighted by Gasteiger charge is 2.15. The average molecular weight is 283 g/mol. The molecule has 2 nitrogen and oxygen atoms in total. The van der Waals surface area contributed by atoms with Crippen molar-refractivity contribution in [2.45, 2.75) is 53.1 Å². The highest BCUT2D eigenvalue weighted by atomic mass is 35.5. The van der Waals surface area contributed by atoms with Gasteiger partial charge in [-0.1, -0.05) is 31.5 Å². The van der Waals surface area contributed by atoms with Crippen LogP contribution in [0.25, 0.3) is 0 Å². The third-order valence-electron chi connectivity index (χ3n) is 3.56. The summed E-state index contributed by atoms with van der Waals surface area (Å²) in [6, 6.07) is 6.76. The second-order valence-corrected chi connectivity index (χ2v) is 5.43. The second-order valence-electron chi connectivity index (χ2n) is 4.99. The minimum Gasteiger partial charge on any atom is -0.369 e. The Labute approximate surface area is 123 Å². The van der Waals surface area contributed by atoms with Crippen molar-refractivity contribution >= 4 is 17.3 Å². The van der Waals surface area contributed by atoms with Crippen molar-refractivity contribution in [1.29, 1.82) is 0 Å². The molecule has 0 amide bonds. The molecule has 0 aliphatic carbocycles. The van der Waals surface area contributed by atoms with Crippen LogP contribution in [0.2, 0.25) is 5.02 Å². The predicted octanol–water partition coefficient (Wildman–Crippen LogP) is 4.46.